The van der Waals surface area contributed by atoms with Crippen LogP contribution in [-0.2, 0) is 4.79 Å². The van der Waals surface area contributed by atoms with Crippen molar-refractivity contribution in [2.75, 3.05) is 20.1 Å². The third-order valence-corrected chi connectivity index (χ3v) is 4.62. The molecule has 1 aliphatic rings. The van der Waals surface area contributed by atoms with Crippen LogP contribution in [0.25, 0.3) is 0 Å². The zero-order valence-electron chi connectivity index (χ0n) is 13.3. The Bertz CT molecular complexity index is 240. The predicted octanol–water partition coefficient (Wildman–Crippen LogP) is 4.28. The molecular formula is C17H33NO. The fraction of sp³-hybridized carbons (Fsp3) is 0.941. The van der Waals surface area contributed by atoms with Gasteiger partial charge >= 0.3 is 0 Å². The number of nitrogens with zero attached hydrogens (tertiary/aromatic N) is 1. The molecule has 1 aliphatic heterocycles. The Morgan fingerprint density at radius 3 is 2.16 bits per heavy atom. The van der Waals surface area contributed by atoms with Crippen molar-refractivity contribution in [2.24, 2.45) is 11.8 Å². The highest BCUT2D eigenvalue weighted by atomic mass is 16.1. The molecule has 112 valence electrons. The molecule has 1 saturated heterocycles. The second-order valence-electron chi connectivity index (χ2n) is 6.29. The van der Waals surface area contributed by atoms with Crippen molar-refractivity contribution in [1.29, 1.82) is 0 Å². The summed E-state index contributed by atoms with van der Waals surface area (Å²) >= 11 is 0. The highest BCUT2D eigenvalue weighted by Crippen LogP contribution is 2.25. The molecule has 19 heavy (non-hydrogen) atoms. The maximum Gasteiger partial charge on any atom is 0.139 e. The first-order chi connectivity index (χ1) is 9.19. The molecule has 1 heterocycles. The maximum absolute atomic E-state index is 12.6. The predicted molar refractivity (Wildman–Crippen MR) is 82.4 cm³/mol. The molecule has 0 amide bonds. The van der Waals surface area contributed by atoms with Gasteiger partial charge in [0, 0.05) is 11.8 Å². The van der Waals surface area contributed by atoms with Gasteiger partial charge in [-0.3, -0.25) is 4.79 Å². The van der Waals surface area contributed by atoms with Gasteiger partial charge in [-0.05, 0) is 58.7 Å². The number of carbonyl (C=O) groups is 1. The monoisotopic (exact) mass is 267 g/mol. The van der Waals surface area contributed by atoms with E-state index >= 15 is 0 Å². The molecular weight excluding hydrogens is 234 g/mol. The van der Waals surface area contributed by atoms with E-state index in [1.54, 1.807) is 0 Å². The average Bonchev–Trinajstić information content (AvgIpc) is 2.42. The van der Waals surface area contributed by atoms with Gasteiger partial charge in [0.2, 0.25) is 0 Å². The van der Waals surface area contributed by atoms with Crippen molar-refractivity contribution >= 4 is 5.78 Å². The van der Waals surface area contributed by atoms with Crippen LogP contribution >= 0.6 is 0 Å². The average molecular weight is 267 g/mol. The second kappa shape index (κ2) is 9.52. The quantitative estimate of drug-likeness (QED) is 0.741. The van der Waals surface area contributed by atoms with Crippen molar-refractivity contribution < 1.29 is 4.79 Å². The number of hydrogen-bond acceptors (Lipinski definition) is 2. The summed E-state index contributed by atoms with van der Waals surface area (Å²) < 4.78 is 0. The van der Waals surface area contributed by atoms with Crippen LogP contribution in [0.3, 0.4) is 0 Å². The second-order valence-corrected chi connectivity index (χ2v) is 6.29. The summed E-state index contributed by atoms with van der Waals surface area (Å²) in [7, 11) is 2.22. The summed E-state index contributed by atoms with van der Waals surface area (Å²) in [6, 6.07) is 0. The van der Waals surface area contributed by atoms with Gasteiger partial charge in [0.15, 0.2) is 0 Å². The van der Waals surface area contributed by atoms with Gasteiger partial charge in [0.25, 0.3) is 0 Å². The minimum absolute atomic E-state index is 0.334. The van der Waals surface area contributed by atoms with Gasteiger partial charge < -0.3 is 4.90 Å². The molecule has 1 unspecified atom stereocenters. The van der Waals surface area contributed by atoms with E-state index in [0.29, 0.717) is 17.6 Å². The fourth-order valence-electron chi connectivity index (χ4n) is 3.31. The summed E-state index contributed by atoms with van der Waals surface area (Å²) in [4.78, 5) is 15.1. The van der Waals surface area contributed by atoms with Crippen LogP contribution in [0.5, 0.6) is 0 Å². The molecule has 0 bridgehead atoms. The number of carbonyl (C=O) groups excluding carboxylic acids is 1. The lowest BCUT2D eigenvalue weighted by molar-refractivity contribution is -0.127. The molecule has 0 aromatic heterocycles. The Hall–Kier alpha value is -0.370. The summed E-state index contributed by atoms with van der Waals surface area (Å²) in [6.45, 7) is 6.77. The van der Waals surface area contributed by atoms with Crippen molar-refractivity contribution in [3.05, 3.63) is 0 Å². The number of rotatable bonds is 5. The van der Waals surface area contributed by atoms with E-state index in [2.05, 4.69) is 25.8 Å². The van der Waals surface area contributed by atoms with Gasteiger partial charge in [-0.2, -0.15) is 0 Å². The summed E-state index contributed by atoms with van der Waals surface area (Å²) in [5.74, 6) is 1.28. The molecule has 1 fully saturated rings. The van der Waals surface area contributed by atoms with Crippen LogP contribution in [0, 0.1) is 11.8 Å². The van der Waals surface area contributed by atoms with Crippen LogP contribution in [0.15, 0.2) is 0 Å². The van der Waals surface area contributed by atoms with E-state index in [4.69, 9.17) is 0 Å². The SMILES string of the molecule is CCCC(CC)C(=O)C1CCCCN(C)CCCC1. The van der Waals surface area contributed by atoms with Gasteiger partial charge in [-0.15, -0.1) is 0 Å². The van der Waals surface area contributed by atoms with Crippen LogP contribution in [-0.4, -0.2) is 30.8 Å². The molecule has 1 rings (SSSR count). The Balaban J connectivity index is 2.51. The van der Waals surface area contributed by atoms with Crippen LogP contribution in [0.4, 0.5) is 0 Å². The molecule has 2 nitrogen and oxygen atoms in total. The highest BCUT2D eigenvalue weighted by molar-refractivity contribution is 5.83. The summed E-state index contributed by atoms with van der Waals surface area (Å²) in [5, 5.41) is 0. The fourth-order valence-corrected chi connectivity index (χ4v) is 3.31. The first-order valence-corrected chi connectivity index (χ1v) is 8.41. The topological polar surface area (TPSA) is 20.3 Å². The van der Waals surface area contributed by atoms with E-state index in [0.717, 1.165) is 32.1 Å². The molecule has 0 spiro atoms. The number of ketones is 1. The van der Waals surface area contributed by atoms with Crippen LogP contribution in [0.2, 0.25) is 0 Å². The minimum atomic E-state index is 0.334. The van der Waals surface area contributed by atoms with Gasteiger partial charge in [0.05, 0.1) is 0 Å². The smallest absolute Gasteiger partial charge is 0.139 e. The zero-order chi connectivity index (χ0) is 14.1. The van der Waals surface area contributed by atoms with E-state index in [-0.39, 0.29) is 0 Å². The first-order valence-electron chi connectivity index (χ1n) is 8.41. The van der Waals surface area contributed by atoms with Gasteiger partial charge in [-0.25, -0.2) is 0 Å². The lowest BCUT2D eigenvalue weighted by atomic mass is 9.82. The third-order valence-electron chi connectivity index (χ3n) is 4.62. The minimum Gasteiger partial charge on any atom is -0.306 e. The van der Waals surface area contributed by atoms with Crippen molar-refractivity contribution in [1.82, 2.24) is 4.90 Å². The largest absolute Gasteiger partial charge is 0.306 e. The maximum atomic E-state index is 12.6. The molecule has 0 aromatic carbocycles. The Morgan fingerprint density at radius 2 is 1.68 bits per heavy atom. The summed E-state index contributed by atoms with van der Waals surface area (Å²) in [5.41, 5.74) is 0. The third kappa shape index (κ3) is 6.07. The first kappa shape index (κ1) is 16.7. The molecule has 0 N–H and O–H groups in total. The Morgan fingerprint density at radius 1 is 1.11 bits per heavy atom. The normalized spacial score (nSPS) is 22.1. The van der Waals surface area contributed by atoms with Crippen molar-refractivity contribution in [3.8, 4) is 0 Å². The van der Waals surface area contributed by atoms with E-state index < -0.39 is 0 Å². The van der Waals surface area contributed by atoms with Gasteiger partial charge in [0.1, 0.15) is 5.78 Å². The molecule has 1 atom stereocenters. The molecule has 0 saturated carbocycles. The van der Waals surface area contributed by atoms with Gasteiger partial charge in [-0.1, -0.05) is 33.1 Å². The molecule has 0 radical (unpaired) electrons. The summed E-state index contributed by atoms with van der Waals surface area (Å²) in [6.07, 6.45) is 10.5. The Labute approximate surface area is 119 Å². The van der Waals surface area contributed by atoms with Crippen LogP contribution in [0.1, 0.15) is 71.6 Å². The molecule has 0 aliphatic carbocycles. The van der Waals surface area contributed by atoms with E-state index in [9.17, 15) is 4.79 Å². The lowest BCUT2D eigenvalue weighted by Gasteiger charge is -2.24. The van der Waals surface area contributed by atoms with Crippen LogP contribution < -0.4 is 0 Å². The Kier molecular flexibility index (Phi) is 8.36. The number of hydrogen-bond donors (Lipinski definition) is 0. The molecule has 0 aromatic rings. The lowest BCUT2D eigenvalue weighted by Crippen LogP contribution is -2.26. The highest BCUT2D eigenvalue weighted by Gasteiger charge is 2.24. The van der Waals surface area contributed by atoms with E-state index in [1.807, 2.05) is 0 Å². The standard InChI is InChI=1S/C17H33NO/c1-4-10-15(5-2)17(19)16-11-6-8-13-18(3)14-9-7-12-16/h15-16H,4-14H2,1-3H3. The van der Waals surface area contributed by atoms with Crippen molar-refractivity contribution in [3.63, 3.8) is 0 Å². The zero-order valence-corrected chi connectivity index (χ0v) is 13.3. The molecule has 2 heteroatoms. The van der Waals surface area contributed by atoms with Crippen molar-refractivity contribution in [2.45, 2.75) is 71.6 Å². The van der Waals surface area contributed by atoms with E-state index in [1.165, 1.54) is 38.8 Å². The number of Topliss-reactive ketones (excluding diaryl/α,β-unsaturated/α-hetero) is 1.